The normalized spacial score (nSPS) is 21.6. The summed E-state index contributed by atoms with van der Waals surface area (Å²) in [4.78, 5) is 12.3. The number of benzene rings is 2. The van der Waals surface area contributed by atoms with E-state index in [1.807, 2.05) is 37.3 Å². The summed E-state index contributed by atoms with van der Waals surface area (Å²) < 4.78 is 11.4. The van der Waals surface area contributed by atoms with E-state index < -0.39 is 0 Å². The van der Waals surface area contributed by atoms with E-state index in [0.29, 0.717) is 5.56 Å². The zero-order valence-corrected chi connectivity index (χ0v) is 13.1. The van der Waals surface area contributed by atoms with Crippen LogP contribution in [0, 0.1) is 0 Å². The first-order chi connectivity index (χ1) is 11.2. The molecule has 0 aromatic heterocycles. The van der Waals surface area contributed by atoms with E-state index in [2.05, 4.69) is 10.6 Å². The molecule has 1 amide bonds. The number of ether oxygens (including phenoxy) is 2. The average molecular weight is 310 g/mol. The Morgan fingerprint density at radius 1 is 1.22 bits per heavy atom. The summed E-state index contributed by atoms with van der Waals surface area (Å²) in [5, 5.41) is 6.33. The van der Waals surface area contributed by atoms with Crippen LogP contribution in [0.3, 0.4) is 0 Å². The Bertz CT molecular complexity index is 788. The molecule has 118 valence electrons. The Hall–Kier alpha value is -2.69. The predicted molar refractivity (Wildman–Crippen MR) is 87.1 cm³/mol. The van der Waals surface area contributed by atoms with E-state index in [-0.39, 0.29) is 18.2 Å². The molecule has 2 aromatic carbocycles. The third kappa shape index (κ3) is 2.29. The van der Waals surface area contributed by atoms with Crippen LogP contribution in [0.4, 0.5) is 5.69 Å². The van der Waals surface area contributed by atoms with Crippen molar-refractivity contribution in [2.24, 2.45) is 0 Å². The van der Waals surface area contributed by atoms with Gasteiger partial charge in [-0.15, -0.1) is 0 Å². The number of fused-ring (bicyclic) bond motifs is 2. The van der Waals surface area contributed by atoms with Gasteiger partial charge in [0.25, 0.3) is 5.91 Å². The second kappa shape index (κ2) is 5.19. The highest BCUT2D eigenvalue weighted by Crippen LogP contribution is 2.39. The molecule has 2 aliphatic heterocycles. The monoisotopic (exact) mass is 310 g/mol. The smallest absolute Gasteiger partial charge is 0.255 e. The van der Waals surface area contributed by atoms with Crippen molar-refractivity contribution in [3.63, 3.8) is 0 Å². The van der Waals surface area contributed by atoms with Gasteiger partial charge in [0.15, 0.2) is 0 Å². The molecule has 4 rings (SSSR count). The van der Waals surface area contributed by atoms with Gasteiger partial charge in [-0.05, 0) is 31.2 Å². The summed E-state index contributed by atoms with van der Waals surface area (Å²) >= 11 is 0. The quantitative estimate of drug-likeness (QED) is 0.895. The van der Waals surface area contributed by atoms with Crippen LogP contribution in [-0.2, 0) is 6.42 Å². The second-order valence-corrected chi connectivity index (χ2v) is 5.93. The molecule has 0 aliphatic carbocycles. The van der Waals surface area contributed by atoms with Crippen LogP contribution >= 0.6 is 0 Å². The van der Waals surface area contributed by atoms with E-state index in [9.17, 15) is 4.79 Å². The number of para-hydroxylation sites is 1. The van der Waals surface area contributed by atoms with Gasteiger partial charge < -0.3 is 20.1 Å². The maximum absolute atomic E-state index is 12.3. The maximum atomic E-state index is 12.3. The summed E-state index contributed by atoms with van der Waals surface area (Å²) in [5.41, 5.74) is 3.47. The molecule has 2 atom stereocenters. The molecule has 0 bridgehead atoms. The van der Waals surface area contributed by atoms with E-state index in [0.717, 1.165) is 34.7 Å². The van der Waals surface area contributed by atoms with Gasteiger partial charge in [0, 0.05) is 23.2 Å². The zero-order valence-electron chi connectivity index (χ0n) is 13.1. The molecule has 2 heterocycles. The number of hydrogen-bond acceptors (Lipinski definition) is 4. The number of rotatable bonds is 2. The van der Waals surface area contributed by atoms with Gasteiger partial charge >= 0.3 is 0 Å². The van der Waals surface area contributed by atoms with Crippen molar-refractivity contribution in [3.05, 3.63) is 53.1 Å². The molecule has 2 N–H and O–H groups in total. The standard InChI is InChI=1S/C18H18N2O3/c1-10-7-11-8-16(22-2)13(9-15(11)23-10)17-19-14-6-4-3-5-12(14)18(21)20-17/h3-6,8-10,17,19H,7H2,1-2H3,(H,20,21)/t10-,17+/m0/s1. The van der Waals surface area contributed by atoms with Crippen molar-refractivity contribution in [2.45, 2.75) is 25.6 Å². The van der Waals surface area contributed by atoms with E-state index in [4.69, 9.17) is 9.47 Å². The molecule has 2 aliphatic rings. The first-order valence-electron chi connectivity index (χ1n) is 7.69. The molecule has 0 radical (unpaired) electrons. The molecule has 5 heteroatoms. The van der Waals surface area contributed by atoms with Crippen molar-refractivity contribution in [2.75, 3.05) is 12.4 Å². The Morgan fingerprint density at radius 3 is 2.87 bits per heavy atom. The van der Waals surface area contributed by atoms with Crippen LogP contribution in [0.1, 0.15) is 34.6 Å². The van der Waals surface area contributed by atoms with Crippen LogP contribution in [-0.4, -0.2) is 19.1 Å². The third-order valence-electron chi connectivity index (χ3n) is 4.31. The molecular formula is C18H18N2O3. The van der Waals surface area contributed by atoms with Crippen molar-refractivity contribution < 1.29 is 14.3 Å². The molecule has 23 heavy (non-hydrogen) atoms. The molecule has 0 saturated heterocycles. The number of anilines is 1. The lowest BCUT2D eigenvalue weighted by molar-refractivity contribution is 0.0935. The number of carbonyl (C=O) groups is 1. The van der Waals surface area contributed by atoms with Gasteiger partial charge in [-0.25, -0.2) is 0 Å². The molecule has 5 nitrogen and oxygen atoms in total. The van der Waals surface area contributed by atoms with Gasteiger partial charge in [-0.3, -0.25) is 4.79 Å². The lowest BCUT2D eigenvalue weighted by atomic mass is 10.0. The van der Waals surface area contributed by atoms with Gasteiger partial charge in [0.2, 0.25) is 0 Å². The SMILES string of the molecule is COc1cc2c(cc1[C@H]1NC(=O)c3ccccc3N1)O[C@@H](C)C2. The minimum Gasteiger partial charge on any atom is -0.496 e. The minimum atomic E-state index is -0.350. The zero-order chi connectivity index (χ0) is 16.0. The summed E-state index contributed by atoms with van der Waals surface area (Å²) in [6, 6.07) is 11.4. The van der Waals surface area contributed by atoms with Crippen molar-refractivity contribution in [1.29, 1.82) is 0 Å². The van der Waals surface area contributed by atoms with E-state index in [1.54, 1.807) is 13.2 Å². The summed E-state index contributed by atoms with van der Waals surface area (Å²) in [7, 11) is 1.64. The highest BCUT2D eigenvalue weighted by atomic mass is 16.5. The Morgan fingerprint density at radius 2 is 2.04 bits per heavy atom. The highest BCUT2D eigenvalue weighted by molar-refractivity contribution is 6.01. The van der Waals surface area contributed by atoms with E-state index >= 15 is 0 Å². The lowest BCUT2D eigenvalue weighted by Gasteiger charge is -2.29. The van der Waals surface area contributed by atoms with Crippen LogP contribution in [0.5, 0.6) is 11.5 Å². The summed E-state index contributed by atoms with van der Waals surface area (Å²) in [6.07, 6.45) is 0.691. The van der Waals surface area contributed by atoms with Crippen molar-refractivity contribution in [1.82, 2.24) is 5.32 Å². The number of carbonyl (C=O) groups excluding carboxylic acids is 1. The van der Waals surface area contributed by atoms with Crippen LogP contribution in [0.2, 0.25) is 0 Å². The van der Waals surface area contributed by atoms with Crippen LogP contribution in [0.15, 0.2) is 36.4 Å². The number of methoxy groups -OCH3 is 1. The Labute approximate surface area is 134 Å². The molecule has 0 saturated carbocycles. The second-order valence-electron chi connectivity index (χ2n) is 5.93. The van der Waals surface area contributed by atoms with E-state index in [1.165, 1.54) is 0 Å². The fourth-order valence-electron chi connectivity index (χ4n) is 3.22. The lowest BCUT2D eigenvalue weighted by Crippen LogP contribution is -2.38. The number of amides is 1. The number of hydrogen-bond donors (Lipinski definition) is 2. The molecule has 2 aromatic rings. The molecular weight excluding hydrogens is 292 g/mol. The minimum absolute atomic E-state index is 0.0961. The van der Waals surface area contributed by atoms with Crippen molar-refractivity contribution in [3.8, 4) is 11.5 Å². The van der Waals surface area contributed by atoms with Crippen LogP contribution in [0.25, 0.3) is 0 Å². The Balaban J connectivity index is 1.74. The van der Waals surface area contributed by atoms with Gasteiger partial charge in [0.05, 0.1) is 12.7 Å². The van der Waals surface area contributed by atoms with Gasteiger partial charge in [-0.1, -0.05) is 12.1 Å². The fourth-order valence-corrected chi connectivity index (χ4v) is 3.22. The molecule has 0 fully saturated rings. The number of nitrogens with one attached hydrogen (secondary N) is 2. The predicted octanol–water partition coefficient (Wildman–Crippen LogP) is 2.87. The third-order valence-corrected chi connectivity index (χ3v) is 4.31. The first-order valence-corrected chi connectivity index (χ1v) is 7.69. The first kappa shape index (κ1) is 13.9. The molecule has 0 spiro atoms. The largest absolute Gasteiger partial charge is 0.496 e. The summed E-state index contributed by atoms with van der Waals surface area (Å²) in [6.45, 7) is 2.04. The highest BCUT2D eigenvalue weighted by Gasteiger charge is 2.29. The maximum Gasteiger partial charge on any atom is 0.255 e. The topological polar surface area (TPSA) is 59.6 Å². The Kier molecular flexibility index (Phi) is 3.15. The van der Waals surface area contributed by atoms with Crippen LogP contribution < -0.4 is 20.1 Å². The van der Waals surface area contributed by atoms with Crippen molar-refractivity contribution >= 4 is 11.6 Å². The average Bonchev–Trinajstić information content (AvgIpc) is 2.92. The summed E-state index contributed by atoms with van der Waals surface area (Å²) in [5.74, 6) is 1.52. The molecule has 0 unspecified atom stereocenters. The fraction of sp³-hybridized carbons (Fsp3) is 0.278. The van der Waals surface area contributed by atoms with Gasteiger partial charge in [-0.2, -0.15) is 0 Å². The van der Waals surface area contributed by atoms with Gasteiger partial charge in [0.1, 0.15) is 23.8 Å².